The molecule has 0 saturated heterocycles. The highest BCUT2D eigenvalue weighted by Gasteiger charge is 2.09. The molecule has 0 aromatic rings. The van der Waals surface area contributed by atoms with Gasteiger partial charge in [-0.25, -0.2) is 0 Å². The van der Waals surface area contributed by atoms with Gasteiger partial charge in [0.2, 0.25) is 5.91 Å². The van der Waals surface area contributed by atoms with E-state index >= 15 is 0 Å². The van der Waals surface area contributed by atoms with Gasteiger partial charge in [0.05, 0.1) is 19.6 Å². The third kappa shape index (κ3) is 8.38. The summed E-state index contributed by atoms with van der Waals surface area (Å²) in [6.45, 7) is 3.22. The Balaban J connectivity index is 3.76. The summed E-state index contributed by atoms with van der Waals surface area (Å²) >= 11 is 0. The molecule has 0 fully saturated rings. The summed E-state index contributed by atoms with van der Waals surface area (Å²) in [5, 5.41) is 8.70. The van der Waals surface area contributed by atoms with Crippen molar-refractivity contribution in [3.63, 3.8) is 0 Å². The van der Waals surface area contributed by atoms with Gasteiger partial charge in [0.25, 0.3) is 0 Å². The van der Waals surface area contributed by atoms with E-state index in [0.717, 1.165) is 0 Å². The lowest BCUT2D eigenvalue weighted by atomic mass is 10.2. The third-order valence-corrected chi connectivity index (χ3v) is 2.12. The molecule has 0 aliphatic heterocycles. The topological polar surface area (TPSA) is 83.9 Å². The molecule has 0 rings (SSSR count). The zero-order chi connectivity index (χ0) is 13.3. The lowest BCUT2D eigenvalue weighted by Gasteiger charge is -2.19. The molecule has 6 heteroatoms. The number of carbonyl (C=O) groups is 3. The van der Waals surface area contributed by atoms with Gasteiger partial charge in [0.15, 0.2) is 0 Å². The minimum atomic E-state index is -0.451. The Morgan fingerprint density at radius 2 is 1.76 bits per heavy atom. The highest BCUT2D eigenvalue weighted by atomic mass is 16.5. The van der Waals surface area contributed by atoms with Crippen LogP contribution in [0.2, 0.25) is 0 Å². The van der Waals surface area contributed by atoms with E-state index in [-0.39, 0.29) is 50.8 Å². The zero-order valence-corrected chi connectivity index (χ0v) is 10.3. The summed E-state index contributed by atoms with van der Waals surface area (Å²) in [7, 11) is 0. The van der Waals surface area contributed by atoms with Crippen molar-refractivity contribution in [2.24, 2.45) is 0 Å². The van der Waals surface area contributed by atoms with Crippen molar-refractivity contribution in [2.75, 3.05) is 26.3 Å². The number of Topliss-reactive ketones (excluding diaryl/α,β-unsaturated/α-hetero) is 1. The second-order valence-electron chi connectivity index (χ2n) is 3.65. The summed E-state index contributed by atoms with van der Waals surface area (Å²) in [4.78, 5) is 34.2. The van der Waals surface area contributed by atoms with Crippen LogP contribution < -0.4 is 0 Å². The molecule has 0 aromatic carbocycles. The first-order chi connectivity index (χ1) is 7.97. The standard InChI is InChI=1S/C11H19NO5/c1-9(14)3-4-11(16)17-8-6-12(5-7-13)10(2)15/h13H,3-8H2,1-2H3. The normalized spacial score (nSPS) is 9.82. The summed E-state index contributed by atoms with van der Waals surface area (Å²) in [5.41, 5.74) is 0. The first kappa shape index (κ1) is 15.6. The van der Waals surface area contributed by atoms with Crippen LogP contribution in [0.25, 0.3) is 0 Å². The minimum Gasteiger partial charge on any atom is -0.464 e. The minimum absolute atomic E-state index is 0.0624. The number of carbonyl (C=O) groups excluding carboxylic acids is 3. The van der Waals surface area contributed by atoms with Crippen LogP contribution in [0.4, 0.5) is 0 Å². The molecule has 1 N–H and O–H groups in total. The quantitative estimate of drug-likeness (QED) is 0.596. The molecule has 0 unspecified atom stereocenters. The van der Waals surface area contributed by atoms with Gasteiger partial charge in [0.1, 0.15) is 12.4 Å². The molecular formula is C11H19NO5. The molecule has 98 valence electrons. The summed E-state index contributed by atoms with van der Waals surface area (Å²) < 4.78 is 4.85. The van der Waals surface area contributed by atoms with Crippen molar-refractivity contribution < 1.29 is 24.2 Å². The highest BCUT2D eigenvalue weighted by molar-refractivity contribution is 5.81. The molecule has 1 amide bonds. The summed E-state index contributed by atoms with van der Waals surface area (Å²) in [5.74, 6) is -0.695. The van der Waals surface area contributed by atoms with Crippen molar-refractivity contribution >= 4 is 17.7 Å². The fourth-order valence-corrected chi connectivity index (χ4v) is 1.17. The molecule has 0 heterocycles. The number of amides is 1. The molecule has 0 aromatic heterocycles. The third-order valence-electron chi connectivity index (χ3n) is 2.12. The van der Waals surface area contributed by atoms with Crippen molar-refractivity contribution in [1.29, 1.82) is 0 Å². The predicted molar refractivity (Wildman–Crippen MR) is 60.2 cm³/mol. The lowest BCUT2D eigenvalue weighted by Crippen LogP contribution is -2.34. The fourth-order valence-electron chi connectivity index (χ4n) is 1.17. The molecule has 0 aliphatic rings. The lowest BCUT2D eigenvalue weighted by molar-refractivity contribution is -0.146. The van der Waals surface area contributed by atoms with Gasteiger partial charge in [0, 0.05) is 19.9 Å². The van der Waals surface area contributed by atoms with Gasteiger partial charge in [-0.2, -0.15) is 0 Å². The number of nitrogens with zero attached hydrogens (tertiary/aromatic N) is 1. The van der Waals surface area contributed by atoms with Crippen LogP contribution >= 0.6 is 0 Å². The van der Waals surface area contributed by atoms with Crippen LogP contribution in [-0.4, -0.2) is 54.0 Å². The van der Waals surface area contributed by atoms with Crippen molar-refractivity contribution in [3.8, 4) is 0 Å². The number of aliphatic hydroxyl groups excluding tert-OH is 1. The van der Waals surface area contributed by atoms with E-state index in [9.17, 15) is 14.4 Å². The number of ether oxygens (including phenoxy) is 1. The van der Waals surface area contributed by atoms with Crippen LogP contribution in [0.3, 0.4) is 0 Å². The van der Waals surface area contributed by atoms with Crippen LogP contribution in [0.15, 0.2) is 0 Å². The number of rotatable bonds is 8. The van der Waals surface area contributed by atoms with Crippen LogP contribution in [-0.2, 0) is 19.1 Å². The smallest absolute Gasteiger partial charge is 0.306 e. The number of esters is 1. The van der Waals surface area contributed by atoms with Crippen molar-refractivity contribution in [2.45, 2.75) is 26.7 Å². The van der Waals surface area contributed by atoms with E-state index in [1.54, 1.807) is 0 Å². The molecular weight excluding hydrogens is 226 g/mol. The summed E-state index contributed by atoms with van der Waals surface area (Å²) in [6.07, 6.45) is 0.237. The van der Waals surface area contributed by atoms with E-state index in [2.05, 4.69) is 0 Å². The average Bonchev–Trinajstić information content (AvgIpc) is 2.25. The maximum atomic E-state index is 11.1. The number of hydrogen-bond acceptors (Lipinski definition) is 5. The molecule has 0 spiro atoms. The van der Waals surface area contributed by atoms with Gasteiger partial charge < -0.3 is 19.5 Å². The molecule has 17 heavy (non-hydrogen) atoms. The molecule has 0 aliphatic carbocycles. The Kier molecular flexibility index (Phi) is 7.96. The van der Waals surface area contributed by atoms with E-state index in [0.29, 0.717) is 0 Å². The SMILES string of the molecule is CC(=O)CCC(=O)OCCN(CCO)C(C)=O. The number of aliphatic hydroxyl groups is 1. The second kappa shape index (κ2) is 8.69. The molecule has 0 radical (unpaired) electrons. The van der Waals surface area contributed by atoms with Crippen molar-refractivity contribution in [1.82, 2.24) is 4.90 Å². The van der Waals surface area contributed by atoms with Gasteiger partial charge in [-0.1, -0.05) is 0 Å². The Labute approximate surface area is 101 Å². The van der Waals surface area contributed by atoms with Crippen molar-refractivity contribution in [3.05, 3.63) is 0 Å². The van der Waals surface area contributed by atoms with Crippen LogP contribution in [0, 0.1) is 0 Å². The second-order valence-corrected chi connectivity index (χ2v) is 3.65. The van der Waals surface area contributed by atoms with Gasteiger partial charge >= 0.3 is 5.97 Å². The molecule has 0 bridgehead atoms. The molecule has 0 atom stereocenters. The van der Waals surface area contributed by atoms with Gasteiger partial charge in [-0.3, -0.25) is 9.59 Å². The fraction of sp³-hybridized carbons (Fsp3) is 0.727. The van der Waals surface area contributed by atoms with Gasteiger partial charge in [-0.05, 0) is 6.92 Å². The molecule has 0 saturated carbocycles. The number of ketones is 1. The maximum Gasteiger partial charge on any atom is 0.306 e. The van der Waals surface area contributed by atoms with E-state index in [1.165, 1.54) is 18.7 Å². The van der Waals surface area contributed by atoms with E-state index < -0.39 is 5.97 Å². The highest BCUT2D eigenvalue weighted by Crippen LogP contribution is 1.95. The zero-order valence-electron chi connectivity index (χ0n) is 10.3. The van der Waals surface area contributed by atoms with Crippen LogP contribution in [0.5, 0.6) is 0 Å². The molecule has 6 nitrogen and oxygen atoms in total. The van der Waals surface area contributed by atoms with E-state index in [4.69, 9.17) is 9.84 Å². The predicted octanol–water partition coefficient (Wildman–Crippen LogP) is -0.260. The van der Waals surface area contributed by atoms with Crippen LogP contribution in [0.1, 0.15) is 26.7 Å². The monoisotopic (exact) mass is 245 g/mol. The van der Waals surface area contributed by atoms with Gasteiger partial charge in [-0.15, -0.1) is 0 Å². The number of hydrogen-bond donors (Lipinski definition) is 1. The Bertz CT molecular complexity index is 277. The largest absolute Gasteiger partial charge is 0.464 e. The maximum absolute atomic E-state index is 11.1. The Hall–Kier alpha value is -1.43. The summed E-state index contributed by atoms with van der Waals surface area (Å²) in [6, 6.07) is 0. The van der Waals surface area contributed by atoms with E-state index in [1.807, 2.05) is 0 Å². The first-order valence-electron chi connectivity index (χ1n) is 5.48. The Morgan fingerprint density at radius 3 is 2.24 bits per heavy atom. The first-order valence-corrected chi connectivity index (χ1v) is 5.48. The average molecular weight is 245 g/mol. The Morgan fingerprint density at radius 1 is 1.12 bits per heavy atom.